The number of thioether (sulfide) groups is 1. The first-order valence-corrected chi connectivity index (χ1v) is 8.53. The molecule has 0 saturated carbocycles. The van der Waals surface area contributed by atoms with Crippen LogP contribution in [0, 0.1) is 5.82 Å². The van der Waals surface area contributed by atoms with E-state index in [2.05, 4.69) is 10.3 Å². The Morgan fingerprint density at radius 2 is 1.72 bits per heavy atom. The first kappa shape index (κ1) is 15.6. The Morgan fingerprint density at radius 3 is 2.56 bits per heavy atom. The number of fused-ring (bicyclic) bond motifs is 1. The molecule has 0 radical (unpaired) electrons. The summed E-state index contributed by atoms with van der Waals surface area (Å²) >= 11 is 1.31. The molecule has 0 spiro atoms. The van der Waals surface area contributed by atoms with E-state index in [1.165, 1.54) is 23.9 Å². The van der Waals surface area contributed by atoms with Gasteiger partial charge in [0.1, 0.15) is 5.82 Å². The van der Waals surface area contributed by atoms with Gasteiger partial charge in [-0.05, 0) is 64.5 Å². The number of rotatable bonds is 2. The SMILES string of the molecule is O=C1NC(=Nc2ccccc2)SC1=Cc1ccc2cc(F)ccc2c1. The first-order chi connectivity index (χ1) is 12.2. The van der Waals surface area contributed by atoms with Crippen LogP contribution in [0.2, 0.25) is 0 Å². The third kappa shape index (κ3) is 3.46. The second-order valence-corrected chi connectivity index (χ2v) is 6.60. The third-order valence-electron chi connectivity index (χ3n) is 3.76. The van der Waals surface area contributed by atoms with Crippen molar-refractivity contribution in [2.75, 3.05) is 0 Å². The number of nitrogens with one attached hydrogen (secondary N) is 1. The van der Waals surface area contributed by atoms with Crippen molar-refractivity contribution in [1.82, 2.24) is 5.32 Å². The molecule has 5 heteroatoms. The van der Waals surface area contributed by atoms with Crippen LogP contribution in [0.1, 0.15) is 5.56 Å². The molecule has 3 aromatic carbocycles. The quantitative estimate of drug-likeness (QED) is 0.671. The minimum Gasteiger partial charge on any atom is -0.300 e. The van der Waals surface area contributed by atoms with Gasteiger partial charge >= 0.3 is 0 Å². The molecular formula is C20H13FN2OS. The highest BCUT2D eigenvalue weighted by Crippen LogP contribution is 2.28. The second kappa shape index (κ2) is 6.53. The number of amidine groups is 1. The number of nitrogens with zero attached hydrogens (tertiary/aromatic N) is 1. The average Bonchev–Trinajstić information content (AvgIpc) is 2.95. The summed E-state index contributed by atoms with van der Waals surface area (Å²) in [6, 6.07) is 19.8. The fourth-order valence-electron chi connectivity index (χ4n) is 2.58. The van der Waals surface area contributed by atoms with Crippen LogP contribution < -0.4 is 5.32 Å². The normalized spacial score (nSPS) is 17.4. The summed E-state index contributed by atoms with van der Waals surface area (Å²) in [5, 5.41) is 5.09. The van der Waals surface area contributed by atoms with Gasteiger partial charge in [0.2, 0.25) is 0 Å². The van der Waals surface area contributed by atoms with Crippen molar-refractivity contribution >= 4 is 45.4 Å². The van der Waals surface area contributed by atoms with Crippen LogP contribution in [-0.2, 0) is 4.79 Å². The van der Waals surface area contributed by atoms with E-state index in [-0.39, 0.29) is 11.7 Å². The molecular weight excluding hydrogens is 335 g/mol. The summed E-state index contributed by atoms with van der Waals surface area (Å²) in [4.78, 5) is 17.2. The smallest absolute Gasteiger partial charge is 0.264 e. The molecule has 0 atom stereocenters. The van der Waals surface area contributed by atoms with Crippen LogP contribution >= 0.6 is 11.8 Å². The third-order valence-corrected chi connectivity index (χ3v) is 4.67. The van der Waals surface area contributed by atoms with Gasteiger partial charge in [0, 0.05) is 0 Å². The van der Waals surface area contributed by atoms with Gasteiger partial charge in [-0.3, -0.25) is 4.79 Å². The lowest BCUT2D eigenvalue weighted by Gasteiger charge is -2.00. The fraction of sp³-hybridized carbons (Fsp3) is 0. The largest absolute Gasteiger partial charge is 0.300 e. The van der Waals surface area contributed by atoms with Crippen molar-refractivity contribution in [3.05, 3.63) is 83.0 Å². The van der Waals surface area contributed by atoms with Gasteiger partial charge in [-0.15, -0.1) is 0 Å². The maximum Gasteiger partial charge on any atom is 0.264 e. The predicted octanol–water partition coefficient (Wildman–Crippen LogP) is 4.87. The lowest BCUT2D eigenvalue weighted by atomic mass is 10.1. The molecule has 1 heterocycles. The zero-order valence-electron chi connectivity index (χ0n) is 13.1. The highest BCUT2D eigenvalue weighted by molar-refractivity contribution is 8.18. The fourth-order valence-corrected chi connectivity index (χ4v) is 3.42. The van der Waals surface area contributed by atoms with Crippen molar-refractivity contribution in [3.8, 4) is 0 Å². The van der Waals surface area contributed by atoms with Crippen LogP contribution in [0.3, 0.4) is 0 Å². The van der Waals surface area contributed by atoms with Crippen molar-refractivity contribution in [3.63, 3.8) is 0 Å². The van der Waals surface area contributed by atoms with Crippen molar-refractivity contribution in [2.45, 2.75) is 0 Å². The van der Waals surface area contributed by atoms with Crippen LogP contribution in [0.4, 0.5) is 10.1 Å². The van der Waals surface area contributed by atoms with Crippen LogP contribution in [0.15, 0.2) is 76.6 Å². The lowest BCUT2D eigenvalue weighted by Crippen LogP contribution is -2.19. The Labute approximate surface area is 148 Å². The standard InChI is InChI=1S/C20H13FN2OS/c21-16-9-8-14-10-13(6-7-15(14)12-16)11-18-19(24)23-20(25-18)22-17-4-2-1-3-5-17/h1-12H,(H,22,23,24). The highest BCUT2D eigenvalue weighted by Gasteiger charge is 2.23. The van der Waals surface area contributed by atoms with Crippen LogP contribution in [0.25, 0.3) is 16.8 Å². The summed E-state index contributed by atoms with van der Waals surface area (Å²) in [5.74, 6) is -0.426. The number of para-hydroxylation sites is 1. The minimum atomic E-state index is -0.258. The van der Waals surface area contributed by atoms with Gasteiger partial charge in [-0.2, -0.15) is 0 Å². The first-order valence-electron chi connectivity index (χ1n) is 7.71. The summed E-state index contributed by atoms with van der Waals surface area (Å²) in [5.41, 5.74) is 1.68. The second-order valence-electron chi connectivity index (χ2n) is 5.57. The maximum atomic E-state index is 13.3. The van der Waals surface area contributed by atoms with E-state index >= 15 is 0 Å². The molecule has 1 aliphatic rings. The molecule has 122 valence electrons. The predicted molar refractivity (Wildman–Crippen MR) is 101 cm³/mol. The Bertz CT molecular complexity index is 1030. The number of carbonyl (C=O) groups is 1. The van der Waals surface area contributed by atoms with Gasteiger partial charge in [0.25, 0.3) is 5.91 Å². The van der Waals surface area contributed by atoms with Gasteiger partial charge < -0.3 is 5.32 Å². The molecule has 0 aromatic heterocycles. The summed E-state index contributed by atoms with van der Waals surface area (Å²) in [6.45, 7) is 0. The topological polar surface area (TPSA) is 41.5 Å². The van der Waals surface area contributed by atoms with Crippen molar-refractivity contribution < 1.29 is 9.18 Å². The Morgan fingerprint density at radius 1 is 0.960 bits per heavy atom. The monoisotopic (exact) mass is 348 g/mol. The van der Waals surface area contributed by atoms with E-state index in [9.17, 15) is 9.18 Å². The van der Waals surface area contributed by atoms with Crippen LogP contribution in [0.5, 0.6) is 0 Å². The molecule has 3 nitrogen and oxygen atoms in total. The maximum absolute atomic E-state index is 13.3. The molecule has 1 saturated heterocycles. The van der Waals surface area contributed by atoms with Gasteiger partial charge in [0.05, 0.1) is 10.6 Å². The van der Waals surface area contributed by atoms with E-state index in [4.69, 9.17) is 0 Å². The molecule has 1 amide bonds. The average molecular weight is 348 g/mol. The highest BCUT2D eigenvalue weighted by atomic mass is 32.2. The molecule has 1 N–H and O–H groups in total. The minimum absolute atomic E-state index is 0.168. The Balaban J connectivity index is 1.62. The zero-order chi connectivity index (χ0) is 17.2. The van der Waals surface area contributed by atoms with E-state index in [0.29, 0.717) is 10.1 Å². The number of hydrogen-bond donors (Lipinski definition) is 1. The Kier molecular flexibility index (Phi) is 4.07. The Hall–Kier alpha value is -2.92. The number of benzene rings is 3. The number of amides is 1. The summed E-state index contributed by atoms with van der Waals surface area (Å²) < 4.78 is 13.3. The molecule has 0 bridgehead atoms. The number of hydrogen-bond acceptors (Lipinski definition) is 3. The van der Waals surface area contributed by atoms with Crippen molar-refractivity contribution in [1.29, 1.82) is 0 Å². The summed E-state index contributed by atoms with van der Waals surface area (Å²) in [6.07, 6.45) is 1.82. The van der Waals surface area contributed by atoms with Gasteiger partial charge in [-0.1, -0.05) is 36.4 Å². The molecule has 4 rings (SSSR count). The number of halogens is 1. The summed E-state index contributed by atoms with van der Waals surface area (Å²) in [7, 11) is 0. The van der Waals surface area contributed by atoms with Crippen LogP contribution in [-0.4, -0.2) is 11.1 Å². The number of carbonyl (C=O) groups excluding carboxylic acids is 1. The number of aliphatic imine (C=N–C) groups is 1. The van der Waals surface area contributed by atoms with E-state index < -0.39 is 0 Å². The van der Waals surface area contributed by atoms with E-state index in [0.717, 1.165) is 22.0 Å². The molecule has 1 fully saturated rings. The molecule has 25 heavy (non-hydrogen) atoms. The lowest BCUT2D eigenvalue weighted by molar-refractivity contribution is -0.115. The molecule has 3 aromatic rings. The van der Waals surface area contributed by atoms with Crippen molar-refractivity contribution in [2.24, 2.45) is 4.99 Å². The van der Waals surface area contributed by atoms with Gasteiger partial charge in [0.15, 0.2) is 5.17 Å². The molecule has 1 aliphatic heterocycles. The molecule has 0 aliphatic carbocycles. The van der Waals surface area contributed by atoms with E-state index in [1.54, 1.807) is 6.07 Å². The van der Waals surface area contributed by atoms with E-state index in [1.807, 2.05) is 54.6 Å². The zero-order valence-corrected chi connectivity index (χ0v) is 13.9. The molecule has 0 unspecified atom stereocenters. The van der Waals surface area contributed by atoms with Gasteiger partial charge in [-0.25, -0.2) is 9.38 Å².